The van der Waals surface area contributed by atoms with Crippen LogP contribution in [-0.4, -0.2) is 93.2 Å². The molecule has 322 valence electrons. The maximum atomic E-state index is 6.83. The molecule has 4 fully saturated rings. The Labute approximate surface area is 357 Å². The largest absolute Gasteiger partial charge is 0.414 e. The standard InChI is InChI=1S/C43H65Cl2N3O8Si2/c1-40(2,3)57(10,11)49-24-30-33-35(37(45)51-30)56-43(9,55-33)21-19-28(26-17-15-14-16-18-26)46-29-23-32(44)47-38-27(29)20-22-48(38)39-36-34(53-42(7,8)54-36)31(52-39)25-50-58(12,13)41(4,5)6/h14-18,20,22-23,28,30-31,33-37,39H,19,21,24-25H2,1-13H3,(H,46,47)/t28-,30?,31?,33-,34-,35-,36-,37?,39-,43?/m1/s1. The molecular weight excluding hydrogens is 814 g/mol. The molecule has 6 heterocycles. The topological polar surface area (TPSA) is 104 Å². The van der Waals surface area contributed by atoms with Gasteiger partial charge in [-0.3, -0.25) is 0 Å². The zero-order chi connectivity index (χ0) is 42.2. The van der Waals surface area contributed by atoms with E-state index in [1.165, 1.54) is 0 Å². The fraction of sp³-hybridized carbons (Fsp3) is 0.698. The summed E-state index contributed by atoms with van der Waals surface area (Å²) in [5, 5.41) is 5.24. The highest BCUT2D eigenvalue weighted by molar-refractivity contribution is 6.74. The molecule has 2 aromatic heterocycles. The number of pyridine rings is 1. The Balaban J connectivity index is 1.10. The SMILES string of the molecule is CC1(C)O[C@@H]2[C@H](O1)C(CO[Si](C)(C)C(C)(C)C)O[C@H]2n1ccc2c(N[C@H](CCC3(C)O[C@@H]4C(CO[Si](C)(C)C(C)(C)C)OC(Cl)[C@@H]4O3)c3ccccc3)cc(Cl)nc21. The summed E-state index contributed by atoms with van der Waals surface area (Å²) in [5.41, 5.74) is 2.04. The summed E-state index contributed by atoms with van der Waals surface area (Å²) in [6, 6.07) is 14.2. The van der Waals surface area contributed by atoms with E-state index in [1.807, 2.05) is 43.7 Å². The lowest BCUT2D eigenvalue weighted by Gasteiger charge is -2.37. The molecule has 15 heteroatoms. The molecule has 1 N–H and O–H groups in total. The lowest BCUT2D eigenvalue weighted by atomic mass is 9.98. The van der Waals surface area contributed by atoms with E-state index >= 15 is 0 Å². The van der Waals surface area contributed by atoms with Gasteiger partial charge in [0.2, 0.25) is 0 Å². The van der Waals surface area contributed by atoms with Crippen molar-refractivity contribution in [3.63, 3.8) is 0 Å². The second-order valence-electron chi connectivity index (χ2n) is 20.2. The molecule has 4 unspecified atom stereocenters. The molecule has 0 amide bonds. The van der Waals surface area contributed by atoms with Crippen LogP contribution in [0.3, 0.4) is 0 Å². The summed E-state index contributed by atoms with van der Waals surface area (Å²) in [6.07, 6.45) is 0.775. The first-order valence-corrected chi connectivity index (χ1v) is 27.4. The summed E-state index contributed by atoms with van der Waals surface area (Å²) >= 11 is 13.6. The maximum absolute atomic E-state index is 6.83. The molecule has 4 aliphatic heterocycles. The highest BCUT2D eigenvalue weighted by Gasteiger charge is 2.58. The smallest absolute Gasteiger partial charge is 0.192 e. The molecule has 10 atom stereocenters. The molecule has 4 saturated heterocycles. The summed E-state index contributed by atoms with van der Waals surface area (Å²) in [7, 11) is -4.05. The Morgan fingerprint density at radius 2 is 1.38 bits per heavy atom. The Hall–Kier alpha value is -1.60. The highest BCUT2D eigenvalue weighted by atomic mass is 35.5. The van der Waals surface area contributed by atoms with Gasteiger partial charge in [0.25, 0.3) is 0 Å². The number of ether oxygens (including phenoxy) is 6. The number of aromatic nitrogens is 2. The van der Waals surface area contributed by atoms with Crippen molar-refractivity contribution in [2.75, 3.05) is 18.5 Å². The fourth-order valence-corrected chi connectivity index (χ4v) is 10.4. The van der Waals surface area contributed by atoms with E-state index in [2.05, 4.69) is 103 Å². The van der Waals surface area contributed by atoms with Crippen LogP contribution in [-0.2, 0) is 37.3 Å². The molecular formula is C43H65Cl2N3O8Si2. The van der Waals surface area contributed by atoms with Crippen molar-refractivity contribution in [3.8, 4) is 0 Å². The number of halogens is 2. The average molecular weight is 879 g/mol. The molecule has 0 bridgehead atoms. The van der Waals surface area contributed by atoms with E-state index in [0.29, 0.717) is 36.9 Å². The predicted octanol–water partition coefficient (Wildman–Crippen LogP) is 10.5. The van der Waals surface area contributed by atoms with Crippen molar-refractivity contribution < 1.29 is 37.3 Å². The molecule has 11 nitrogen and oxygen atoms in total. The van der Waals surface area contributed by atoms with Gasteiger partial charge >= 0.3 is 0 Å². The summed E-state index contributed by atoms with van der Waals surface area (Å²) in [5.74, 6) is -1.64. The molecule has 58 heavy (non-hydrogen) atoms. The Bertz CT molecular complexity index is 1920. The average Bonchev–Trinajstić information content (AvgIpc) is 3.91. The van der Waals surface area contributed by atoms with Gasteiger partial charge in [0, 0.05) is 23.7 Å². The number of nitrogens with zero attached hydrogens (tertiary/aromatic N) is 2. The third-order valence-electron chi connectivity index (χ3n) is 13.3. The van der Waals surface area contributed by atoms with Gasteiger partial charge in [-0.15, -0.1) is 0 Å². The molecule has 0 spiro atoms. The van der Waals surface area contributed by atoms with Crippen molar-refractivity contribution in [2.45, 2.75) is 177 Å². The minimum Gasteiger partial charge on any atom is -0.414 e. The van der Waals surface area contributed by atoms with E-state index in [0.717, 1.165) is 16.6 Å². The Kier molecular flexibility index (Phi) is 12.2. The maximum Gasteiger partial charge on any atom is 0.192 e. The number of benzene rings is 1. The molecule has 1 aromatic carbocycles. The van der Waals surface area contributed by atoms with Gasteiger partial charge in [-0.25, -0.2) is 4.98 Å². The highest BCUT2D eigenvalue weighted by Crippen LogP contribution is 2.47. The normalized spacial score (nSPS) is 31.8. The summed E-state index contributed by atoms with van der Waals surface area (Å²) in [6.45, 7) is 29.1. The van der Waals surface area contributed by atoms with Crippen molar-refractivity contribution in [3.05, 3.63) is 59.4 Å². The summed E-state index contributed by atoms with van der Waals surface area (Å²) in [4.78, 5) is 4.84. The first-order valence-electron chi connectivity index (χ1n) is 20.8. The van der Waals surface area contributed by atoms with E-state index in [1.54, 1.807) is 0 Å². The fourth-order valence-electron chi connectivity index (χ4n) is 7.86. The second-order valence-corrected chi connectivity index (χ2v) is 30.6. The molecule has 7 rings (SSSR count). The second kappa shape index (κ2) is 15.9. The number of nitrogens with one attached hydrogen (secondary N) is 1. The third kappa shape index (κ3) is 8.99. The van der Waals surface area contributed by atoms with Crippen LogP contribution in [0, 0.1) is 0 Å². The Morgan fingerprint density at radius 1 is 0.810 bits per heavy atom. The molecule has 3 aromatic rings. The van der Waals surface area contributed by atoms with Crippen LogP contribution in [0.1, 0.15) is 93.0 Å². The minimum atomic E-state index is -2.04. The Morgan fingerprint density at radius 3 is 2.00 bits per heavy atom. The lowest BCUT2D eigenvalue weighted by Crippen LogP contribution is -2.44. The number of fused-ring (bicyclic) bond motifs is 3. The van der Waals surface area contributed by atoms with Crippen LogP contribution in [0.15, 0.2) is 48.7 Å². The van der Waals surface area contributed by atoms with Crippen molar-refractivity contribution in [1.82, 2.24) is 9.55 Å². The first kappa shape index (κ1) is 44.5. The first-order chi connectivity index (χ1) is 26.9. The number of hydrogen-bond donors (Lipinski definition) is 1. The molecule has 0 aliphatic carbocycles. The van der Waals surface area contributed by atoms with Crippen molar-refractivity contribution >= 4 is 56.6 Å². The molecule has 0 saturated carbocycles. The predicted molar refractivity (Wildman–Crippen MR) is 233 cm³/mol. The number of rotatable bonds is 13. The van der Waals surface area contributed by atoms with Crippen LogP contribution in [0.2, 0.25) is 41.4 Å². The van der Waals surface area contributed by atoms with E-state index < -0.39 is 46.1 Å². The summed E-state index contributed by atoms with van der Waals surface area (Å²) < 4.78 is 54.3. The van der Waals surface area contributed by atoms with Crippen LogP contribution in [0.5, 0.6) is 0 Å². The van der Waals surface area contributed by atoms with Crippen LogP contribution in [0.25, 0.3) is 11.0 Å². The zero-order valence-electron chi connectivity index (χ0n) is 36.6. The van der Waals surface area contributed by atoms with Crippen molar-refractivity contribution in [1.29, 1.82) is 0 Å². The number of anilines is 1. The number of alkyl halides is 1. The van der Waals surface area contributed by atoms with Gasteiger partial charge in [0.15, 0.2) is 40.0 Å². The van der Waals surface area contributed by atoms with Gasteiger partial charge in [-0.05, 0) is 81.2 Å². The molecule has 0 radical (unpaired) electrons. The van der Waals surface area contributed by atoms with Crippen LogP contribution in [0.4, 0.5) is 5.69 Å². The molecule has 4 aliphatic rings. The van der Waals surface area contributed by atoms with Gasteiger partial charge in [0.1, 0.15) is 47.4 Å². The quantitative estimate of drug-likeness (QED) is 0.101. The van der Waals surface area contributed by atoms with Crippen molar-refractivity contribution in [2.24, 2.45) is 0 Å². The zero-order valence-corrected chi connectivity index (χ0v) is 40.1. The van der Waals surface area contributed by atoms with Crippen LogP contribution >= 0.6 is 23.2 Å². The minimum absolute atomic E-state index is 0.0637. The van der Waals surface area contributed by atoms with E-state index in [9.17, 15) is 0 Å². The van der Waals surface area contributed by atoms with E-state index in [4.69, 9.17) is 65.5 Å². The van der Waals surface area contributed by atoms with Crippen LogP contribution < -0.4 is 5.32 Å². The number of hydrogen-bond acceptors (Lipinski definition) is 10. The van der Waals surface area contributed by atoms with Gasteiger partial charge in [-0.1, -0.05) is 95.1 Å². The monoisotopic (exact) mass is 877 g/mol. The van der Waals surface area contributed by atoms with Gasteiger partial charge < -0.3 is 47.2 Å². The third-order valence-corrected chi connectivity index (χ3v) is 22.9. The van der Waals surface area contributed by atoms with Gasteiger partial charge in [0.05, 0.1) is 19.3 Å². The van der Waals surface area contributed by atoms with E-state index in [-0.39, 0.29) is 46.6 Å². The lowest BCUT2D eigenvalue weighted by molar-refractivity contribution is -0.199. The van der Waals surface area contributed by atoms with Gasteiger partial charge in [-0.2, -0.15) is 0 Å².